The highest BCUT2D eigenvalue weighted by Crippen LogP contribution is 2.57. The largest absolute Gasteiger partial charge is 0.496 e. The molecule has 0 saturated carbocycles. The summed E-state index contributed by atoms with van der Waals surface area (Å²) in [7, 11) is 3.24. The molecule has 224 valence electrons. The molecule has 0 saturated heterocycles. The van der Waals surface area contributed by atoms with Gasteiger partial charge in [0, 0.05) is 47.3 Å². The predicted octanol–water partition coefficient (Wildman–Crippen LogP) is 13.5. The van der Waals surface area contributed by atoms with Gasteiger partial charge in [-0.2, -0.15) is 0 Å². The van der Waals surface area contributed by atoms with E-state index in [0.29, 0.717) is 26.6 Å². The Morgan fingerprint density at radius 2 is 1.09 bits per heavy atom. The summed E-state index contributed by atoms with van der Waals surface area (Å²) in [6.07, 6.45) is 0. The summed E-state index contributed by atoms with van der Waals surface area (Å²) in [6, 6.07) is 38.1. The molecule has 0 aromatic heterocycles. The Kier molecular flexibility index (Phi) is 9.60. The number of hydrogen-bond acceptors (Lipinski definition) is 2. The van der Waals surface area contributed by atoms with Gasteiger partial charge in [-0.05, 0) is 85.7 Å². The van der Waals surface area contributed by atoms with Gasteiger partial charge in [0.15, 0.2) is 0 Å². The van der Waals surface area contributed by atoms with E-state index in [4.69, 9.17) is 44.3 Å². The minimum Gasteiger partial charge on any atom is -0.496 e. The lowest BCUT2D eigenvalue weighted by Gasteiger charge is -2.27. The van der Waals surface area contributed by atoms with E-state index in [2.05, 4.69) is 68.3 Å². The molecule has 0 aliphatic heterocycles. The quantitative estimate of drug-likeness (QED) is 0.161. The Labute approximate surface area is 294 Å². The van der Waals surface area contributed by atoms with Crippen molar-refractivity contribution in [2.45, 2.75) is 0 Å². The molecule has 0 atom stereocenters. The van der Waals surface area contributed by atoms with Gasteiger partial charge in [0.1, 0.15) is 11.5 Å². The number of ether oxygens (including phenoxy) is 2. The second kappa shape index (κ2) is 13.6. The minimum absolute atomic E-state index is 0.464. The van der Waals surface area contributed by atoms with Crippen molar-refractivity contribution in [3.63, 3.8) is 0 Å². The van der Waals surface area contributed by atoms with Gasteiger partial charge in [-0.3, -0.25) is 0 Å². The summed E-state index contributed by atoms with van der Waals surface area (Å²) in [5.74, 6) is 1.13. The van der Waals surface area contributed by atoms with Gasteiger partial charge in [-0.15, -0.1) is 0 Å². The van der Waals surface area contributed by atoms with Gasteiger partial charge < -0.3 is 9.47 Å². The van der Waals surface area contributed by atoms with E-state index >= 15 is 0 Å². The van der Waals surface area contributed by atoms with E-state index in [1.54, 1.807) is 14.2 Å². The molecule has 0 N–H and O–H groups in total. The van der Waals surface area contributed by atoms with Crippen molar-refractivity contribution in [3.05, 3.63) is 139 Å². The molecule has 0 radical (unpaired) electrons. The molecule has 6 aromatic carbocycles. The maximum atomic E-state index is 6.83. The molecular formula is C38H25Br2Cl3O2. The number of benzene rings is 6. The minimum atomic E-state index is 0.464. The fourth-order valence-corrected chi connectivity index (χ4v) is 7.55. The van der Waals surface area contributed by atoms with Crippen molar-refractivity contribution in [3.8, 4) is 67.1 Å². The van der Waals surface area contributed by atoms with Crippen molar-refractivity contribution in [2.24, 2.45) is 0 Å². The van der Waals surface area contributed by atoms with E-state index < -0.39 is 0 Å². The van der Waals surface area contributed by atoms with E-state index in [0.717, 1.165) is 64.6 Å². The lowest BCUT2D eigenvalue weighted by molar-refractivity contribution is 0.395. The van der Waals surface area contributed by atoms with Crippen LogP contribution in [0.1, 0.15) is 0 Å². The Hall–Kier alpha value is -3.25. The van der Waals surface area contributed by atoms with E-state index in [1.165, 1.54) is 0 Å². The smallest absolute Gasteiger partial charge is 0.141 e. The molecule has 0 amide bonds. The predicted molar refractivity (Wildman–Crippen MR) is 197 cm³/mol. The third-order valence-electron chi connectivity index (χ3n) is 7.63. The fourth-order valence-electron chi connectivity index (χ4n) is 5.67. The molecule has 45 heavy (non-hydrogen) atoms. The van der Waals surface area contributed by atoms with Crippen LogP contribution in [0.2, 0.25) is 15.1 Å². The molecule has 0 bridgehead atoms. The first-order chi connectivity index (χ1) is 21.8. The van der Waals surface area contributed by atoms with Crippen LogP contribution in [-0.2, 0) is 0 Å². The van der Waals surface area contributed by atoms with Crippen LogP contribution in [0.3, 0.4) is 0 Å². The molecule has 0 unspecified atom stereocenters. The third kappa shape index (κ3) is 6.15. The zero-order chi connectivity index (χ0) is 31.7. The summed E-state index contributed by atoms with van der Waals surface area (Å²) in [5.41, 5.74) is 9.62. The molecule has 2 nitrogen and oxygen atoms in total. The van der Waals surface area contributed by atoms with Crippen LogP contribution in [0.15, 0.2) is 124 Å². The monoisotopic (exact) mass is 776 g/mol. The molecule has 6 aromatic rings. The van der Waals surface area contributed by atoms with Gasteiger partial charge in [-0.1, -0.05) is 124 Å². The molecule has 7 heteroatoms. The van der Waals surface area contributed by atoms with Crippen molar-refractivity contribution in [1.82, 2.24) is 0 Å². The summed E-state index contributed by atoms with van der Waals surface area (Å²) in [4.78, 5) is 0. The van der Waals surface area contributed by atoms with Crippen molar-refractivity contribution < 1.29 is 9.47 Å². The van der Waals surface area contributed by atoms with Crippen LogP contribution in [0, 0.1) is 0 Å². The SMILES string of the molecule is COc1cc(OC)c(-c2c(Br)c(-c3ccc(Cl)cc3)c(-c3cccc(Cl)c3)c(-c3ccccc3)c2-c2ccccc2Br)cc1Cl. The first kappa shape index (κ1) is 31.7. The van der Waals surface area contributed by atoms with Crippen molar-refractivity contribution >= 4 is 66.7 Å². The summed E-state index contributed by atoms with van der Waals surface area (Å²) >= 11 is 27.9. The fraction of sp³-hybridized carbons (Fsp3) is 0.0526. The molecule has 0 heterocycles. The van der Waals surface area contributed by atoms with Crippen LogP contribution in [0.4, 0.5) is 0 Å². The van der Waals surface area contributed by atoms with Crippen LogP contribution in [0.5, 0.6) is 11.5 Å². The number of halogens is 5. The average Bonchev–Trinajstić information content (AvgIpc) is 3.05. The van der Waals surface area contributed by atoms with Gasteiger partial charge in [0.25, 0.3) is 0 Å². The highest BCUT2D eigenvalue weighted by Gasteiger charge is 2.30. The maximum Gasteiger partial charge on any atom is 0.141 e. The maximum absolute atomic E-state index is 6.83. The second-order valence-electron chi connectivity index (χ2n) is 10.2. The van der Waals surface area contributed by atoms with E-state index in [1.807, 2.05) is 78.9 Å². The number of methoxy groups -OCH3 is 2. The highest BCUT2D eigenvalue weighted by molar-refractivity contribution is 9.11. The number of rotatable bonds is 7. The molecule has 0 spiro atoms. The van der Waals surface area contributed by atoms with Crippen molar-refractivity contribution in [1.29, 1.82) is 0 Å². The molecule has 0 aliphatic carbocycles. The van der Waals surface area contributed by atoms with Crippen LogP contribution >= 0.6 is 66.7 Å². The molecule has 0 aliphatic rings. The normalized spacial score (nSPS) is 11.0. The van der Waals surface area contributed by atoms with Gasteiger partial charge in [0.2, 0.25) is 0 Å². The second-order valence-corrected chi connectivity index (χ2v) is 13.2. The average molecular weight is 780 g/mol. The summed E-state index contributed by atoms with van der Waals surface area (Å²) in [5, 5.41) is 1.75. The molecule has 6 rings (SSSR count). The van der Waals surface area contributed by atoms with Gasteiger partial charge >= 0.3 is 0 Å². The highest BCUT2D eigenvalue weighted by atomic mass is 79.9. The van der Waals surface area contributed by atoms with E-state index in [9.17, 15) is 0 Å². The third-order valence-corrected chi connectivity index (χ3v) is 9.90. The Morgan fingerprint density at radius 1 is 0.467 bits per heavy atom. The summed E-state index contributed by atoms with van der Waals surface area (Å²) < 4.78 is 13.4. The lowest BCUT2D eigenvalue weighted by atomic mass is 9.78. The Bertz CT molecular complexity index is 2030. The van der Waals surface area contributed by atoms with Crippen molar-refractivity contribution in [2.75, 3.05) is 14.2 Å². The standard InChI is InChI=1S/C38H25Br2Cl3O2/c1-44-31-21-32(45-2)30(43)20-28(31)37-36(27-13-6-7-14-29(27)39)33(22-9-4-3-5-10-22)34(24-11-8-12-26(42)19-24)35(38(37)40)23-15-17-25(41)18-16-23/h3-21H,1-2H3. The number of hydrogen-bond donors (Lipinski definition) is 0. The van der Waals surface area contributed by atoms with Gasteiger partial charge in [0.05, 0.1) is 19.2 Å². The zero-order valence-corrected chi connectivity index (χ0v) is 29.6. The molecule has 0 fully saturated rings. The topological polar surface area (TPSA) is 18.5 Å². The van der Waals surface area contributed by atoms with E-state index in [-0.39, 0.29) is 0 Å². The first-order valence-electron chi connectivity index (χ1n) is 14.0. The van der Waals surface area contributed by atoms with Crippen LogP contribution in [0.25, 0.3) is 55.6 Å². The van der Waals surface area contributed by atoms with Crippen LogP contribution in [-0.4, -0.2) is 14.2 Å². The lowest BCUT2D eigenvalue weighted by Crippen LogP contribution is -2.02. The van der Waals surface area contributed by atoms with Crippen LogP contribution < -0.4 is 9.47 Å². The molecular weight excluding hydrogens is 755 g/mol. The zero-order valence-electron chi connectivity index (χ0n) is 24.2. The van der Waals surface area contributed by atoms with Gasteiger partial charge in [-0.25, -0.2) is 0 Å². The Balaban J connectivity index is 1.93. The summed E-state index contributed by atoms with van der Waals surface area (Å²) in [6.45, 7) is 0. The Morgan fingerprint density at radius 3 is 1.76 bits per heavy atom. The first-order valence-corrected chi connectivity index (χ1v) is 16.7.